The second-order valence-electron chi connectivity index (χ2n) is 7.10. The number of halogens is 3. The molecule has 4 rings (SSSR count). The van der Waals surface area contributed by atoms with Gasteiger partial charge < -0.3 is 10.1 Å². The summed E-state index contributed by atoms with van der Waals surface area (Å²) in [4.78, 5) is 12.5. The summed E-state index contributed by atoms with van der Waals surface area (Å²) in [6.07, 6.45) is 2.00. The number of benzene rings is 2. The van der Waals surface area contributed by atoms with E-state index in [1.165, 1.54) is 17.8 Å². The first kappa shape index (κ1) is 21.6. The van der Waals surface area contributed by atoms with Gasteiger partial charge in [-0.2, -0.15) is 0 Å². The van der Waals surface area contributed by atoms with Crippen LogP contribution >= 0.6 is 23.4 Å². The van der Waals surface area contributed by atoms with Gasteiger partial charge in [-0.15, -0.1) is 10.2 Å². The van der Waals surface area contributed by atoms with Crippen molar-refractivity contribution in [3.05, 3.63) is 64.9 Å². The highest BCUT2D eigenvalue weighted by molar-refractivity contribution is 8.00. The van der Waals surface area contributed by atoms with Gasteiger partial charge in [0.1, 0.15) is 12.4 Å². The number of amides is 1. The van der Waals surface area contributed by atoms with Crippen LogP contribution < -0.4 is 10.1 Å². The molecule has 0 bridgehead atoms. The number of nitrogens with one attached hydrogen (secondary N) is 1. The Kier molecular flexibility index (Phi) is 6.43. The molecule has 1 aliphatic rings. The summed E-state index contributed by atoms with van der Waals surface area (Å²) in [5, 5.41) is 11.7. The molecule has 1 heterocycles. The Morgan fingerprint density at radius 1 is 1.26 bits per heavy atom. The number of rotatable bonds is 8. The predicted molar refractivity (Wildman–Crippen MR) is 114 cm³/mol. The van der Waals surface area contributed by atoms with Crippen molar-refractivity contribution in [2.45, 2.75) is 42.8 Å². The Balaban J connectivity index is 1.43. The van der Waals surface area contributed by atoms with E-state index in [0.717, 1.165) is 25.0 Å². The minimum absolute atomic E-state index is 0.189. The zero-order valence-corrected chi connectivity index (χ0v) is 18.1. The zero-order valence-electron chi connectivity index (χ0n) is 16.5. The third-order valence-corrected chi connectivity index (χ3v) is 6.05. The van der Waals surface area contributed by atoms with E-state index in [1.54, 1.807) is 19.1 Å². The van der Waals surface area contributed by atoms with Crippen molar-refractivity contribution in [3.63, 3.8) is 0 Å². The van der Waals surface area contributed by atoms with E-state index in [0.29, 0.717) is 21.8 Å². The fourth-order valence-electron chi connectivity index (χ4n) is 2.92. The molecule has 162 valence electrons. The second kappa shape index (κ2) is 9.23. The predicted octanol–water partition coefficient (Wildman–Crippen LogP) is 5.24. The Labute approximate surface area is 187 Å². The molecule has 0 radical (unpaired) electrons. The summed E-state index contributed by atoms with van der Waals surface area (Å²) in [6.45, 7) is 1.91. The summed E-state index contributed by atoms with van der Waals surface area (Å²) in [7, 11) is 0. The van der Waals surface area contributed by atoms with Crippen molar-refractivity contribution >= 4 is 35.0 Å². The van der Waals surface area contributed by atoms with E-state index in [4.69, 9.17) is 16.3 Å². The van der Waals surface area contributed by atoms with E-state index >= 15 is 0 Å². The van der Waals surface area contributed by atoms with Crippen LogP contribution in [0.25, 0.3) is 0 Å². The van der Waals surface area contributed by atoms with Gasteiger partial charge in [-0.05, 0) is 44.0 Å². The molecule has 6 nitrogen and oxygen atoms in total. The van der Waals surface area contributed by atoms with Crippen molar-refractivity contribution < 1.29 is 18.3 Å². The number of carbonyl (C=O) groups is 1. The highest BCUT2D eigenvalue weighted by Crippen LogP contribution is 2.40. The van der Waals surface area contributed by atoms with Crippen molar-refractivity contribution in [3.8, 4) is 5.75 Å². The molecule has 1 fully saturated rings. The number of aromatic nitrogens is 3. The van der Waals surface area contributed by atoms with E-state index in [1.807, 2.05) is 16.7 Å². The van der Waals surface area contributed by atoms with Gasteiger partial charge in [-0.25, -0.2) is 8.78 Å². The molecule has 1 aromatic heterocycles. The van der Waals surface area contributed by atoms with E-state index in [-0.39, 0.29) is 24.2 Å². The summed E-state index contributed by atoms with van der Waals surface area (Å²) >= 11 is 7.39. The van der Waals surface area contributed by atoms with Gasteiger partial charge in [0.05, 0.1) is 10.3 Å². The normalized spacial score (nSPS) is 14.3. The standard InChI is InChI=1S/C21H19ClF2N4O2S/c1-12(20(29)25-13-6-9-16(23)17(24)10-13)31-21-27-26-19(28(21)14-7-8-14)11-30-18-5-3-2-4-15(18)22/h2-6,9-10,12,14H,7-8,11H2,1H3,(H,25,29). The summed E-state index contributed by atoms with van der Waals surface area (Å²) < 4.78 is 34.2. The number of para-hydroxylation sites is 1. The maximum absolute atomic E-state index is 13.4. The Bertz CT molecular complexity index is 1110. The van der Waals surface area contributed by atoms with E-state index < -0.39 is 16.9 Å². The number of thioether (sulfide) groups is 1. The molecule has 31 heavy (non-hydrogen) atoms. The van der Waals surface area contributed by atoms with Gasteiger partial charge in [0.15, 0.2) is 22.6 Å². The Morgan fingerprint density at radius 3 is 2.74 bits per heavy atom. The molecular formula is C21H19ClF2N4O2S. The van der Waals surface area contributed by atoms with Crippen molar-refractivity contribution in [1.82, 2.24) is 14.8 Å². The molecule has 0 spiro atoms. The van der Waals surface area contributed by atoms with Crippen LogP contribution in [0.5, 0.6) is 5.75 Å². The lowest BCUT2D eigenvalue weighted by atomic mass is 10.3. The van der Waals surface area contributed by atoms with Gasteiger partial charge in [0, 0.05) is 17.8 Å². The quantitative estimate of drug-likeness (QED) is 0.461. The lowest BCUT2D eigenvalue weighted by Gasteiger charge is -2.14. The third kappa shape index (κ3) is 5.16. The van der Waals surface area contributed by atoms with Crippen LogP contribution in [0.1, 0.15) is 31.6 Å². The minimum Gasteiger partial charge on any atom is -0.484 e. The SMILES string of the molecule is CC(Sc1nnc(COc2ccccc2Cl)n1C1CC1)C(=O)Nc1ccc(F)c(F)c1. The second-order valence-corrected chi connectivity index (χ2v) is 8.81. The average molecular weight is 465 g/mol. The minimum atomic E-state index is -1.02. The van der Waals surface area contributed by atoms with E-state index in [2.05, 4.69) is 15.5 Å². The molecule has 0 aliphatic heterocycles. The first-order chi connectivity index (χ1) is 14.9. The molecule has 10 heteroatoms. The maximum Gasteiger partial charge on any atom is 0.237 e. The molecule has 1 N–H and O–H groups in total. The number of carbonyl (C=O) groups excluding carboxylic acids is 1. The molecule has 1 amide bonds. The van der Waals surface area contributed by atoms with Gasteiger partial charge in [-0.3, -0.25) is 9.36 Å². The van der Waals surface area contributed by atoms with Crippen LogP contribution in [0.3, 0.4) is 0 Å². The molecular weight excluding hydrogens is 446 g/mol. The first-order valence-electron chi connectivity index (χ1n) is 9.66. The van der Waals surface area contributed by atoms with Gasteiger partial charge in [-0.1, -0.05) is 35.5 Å². The number of nitrogens with zero attached hydrogens (tertiary/aromatic N) is 3. The lowest BCUT2D eigenvalue weighted by molar-refractivity contribution is -0.115. The van der Waals surface area contributed by atoms with Crippen LogP contribution in [0.2, 0.25) is 5.02 Å². The monoisotopic (exact) mass is 464 g/mol. The zero-order chi connectivity index (χ0) is 22.0. The van der Waals surface area contributed by atoms with Gasteiger partial charge in [0.2, 0.25) is 5.91 Å². The highest BCUT2D eigenvalue weighted by atomic mass is 35.5. The van der Waals surface area contributed by atoms with Gasteiger partial charge >= 0.3 is 0 Å². The fraction of sp³-hybridized carbons (Fsp3) is 0.286. The molecule has 1 unspecified atom stereocenters. The highest BCUT2D eigenvalue weighted by Gasteiger charge is 2.31. The van der Waals surface area contributed by atoms with Crippen molar-refractivity contribution in [1.29, 1.82) is 0 Å². The van der Waals surface area contributed by atoms with Crippen molar-refractivity contribution in [2.24, 2.45) is 0 Å². The molecule has 2 aromatic carbocycles. The largest absolute Gasteiger partial charge is 0.484 e. The summed E-state index contributed by atoms with van der Waals surface area (Å²) in [6, 6.07) is 10.7. The first-order valence-corrected chi connectivity index (χ1v) is 10.9. The Hall–Kier alpha value is -2.65. The molecule has 3 aromatic rings. The number of hydrogen-bond donors (Lipinski definition) is 1. The van der Waals surface area contributed by atoms with Crippen LogP contribution in [0.4, 0.5) is 14.5 Å². The number of ether oxygens (including phenoxy) is 1. The van der Waals surface area contributed by atoms with Gasteiger partial charge in [0.25, 0.3) is 0 Å². The van der Waals surface area contributed by atoms with Crippen LogP contribution in [0.15, 0.2) is 47.6 Å². The average Bonchev–Trinajstić information content (AvgIpc) is 3.51. The lowest BCUT2D eigenvalue weighted by Crippen LogP contribution is -2.23. The summed E-state index contributed by atoms with van der Waals surface area (Å²) in [5.74, 6) is -1.13. The number of hydrogen-bond acceptors (Lipinski definition) is 5. The molecule has 1 atom stereocenters. The number of anilines is 1. The molecule has 1 aliphatic carbocycles. The third-order valence-electron chi connectivity index (χ3n) is 4.68. The topological polar surface area (TPSA) is 69.0 Å². The smallest absolute Gasteiger partial charge is 0.237 e. The van der Waals surface area contributed by atoms with E-state index in [9.17, 15) is 13.6 Å². The summed E-state index contributed by atoms with van der Waals surface area (Å²) in [5.41, 5.74) is 0.189. The fourth-order valence-corrected chi connectivity index (χ4v) is 4.05. The Morgan fingerprint density at radius 2 is 2.03 bits per heavy atom. The molecule has 1 saturated carbocycles. The van der Waals surface area contributed by atoms with Crippen molar-refractivity contribution in [2.75, 3.05) is 5.32 Å². The van der Waals surface area contributed by atoms with Crippen LogP contribution in [-0.4, -0.2) is 25.9 Å². The van der Waals surface area contributed by atoms with Crippen LogP contribution in [-0.2, 0) is 11.4 Å². The molecule has 0 saturated heterocycles. The maximum atomic E-state index is 13.4. The van der Waals surface area contributed by atoms with Crippen LogP contribution in [0, 0.1) is 11.6 Å².